The monoisotopic (exact) mass is 288 g/mol. The van der Waals surface area contributed by atoms with Gasteiger partial charge in [-0.1, -0.05) is 0 Å². The van der Waals surface area contributed by atoms with E-state index in [4.69, 9.17) is 0 Å². The Balaban J connectivity index is 2.50. The van der Waals surface area contributed by atoms with Crippen LogP contribution >= 0.6 is 0 Å². The molecule has 0 amide bonds. The van der Waals surface area contributed by atoms with Crippen LogP contribution < -0.4 is 4.90 Å². The molecule has 1 aromatic carbocycles. The molecule has 1 heterocycles. The molecular formula is C13H15F3N2O2. The number of alkyl halides is 3. The van der Waals surface area contributed by atoms with Crippen LogP contribution in [-0.2, 0) is 6.18 Å². The fraction of sp³-hybridized carbons (Fsp3) is 0.538. The maximum absolute atomic E-state index is 12.9. The third-order valence-electron chi connectivity index (χ3n) is 3.73. The van der Waals surface area contributed by atoms with E-state index in [9.17, 15) is 23.3 Å². The van der Waals surface area contributed by atoms with Gasteiger partial charge in [0.25, 0.3) is 5.69 Å². The Kier molecular flexibility index (Phi) is 3.62. The van der Waals surface area contributed by atoms with Gasteiger partial charge in [0.1, 0.15) is 5.56 Å². The topological polar surface area (TPSA) is 46.4 Å². The molecule has 1 saturated heterocycles. The number of nitro benzene ring substituents is 1. The summed E-state index contributed by atoms with van der Waals surface area (Å²) < 4.78 is 38.8. The van der Waals surface area contributed by atoms with E-state index in [1.807, 2.05) is 18.7 Å². The lowest BCUT2D eigenvalue weighted by Gasteiger charge is -2.29. The van der Waals surface area contributed by atoms with Crippen molar-refractivity contribution in [1.82, 2.24) is 0 Å². The maximum atomic E-state index is 12.9. The van der Waals surface area contributed by atoms with Gasteiger partial charge < -0.3 is 4.90 Å². The molecule has 1 fully saturated rings. The van der Waals surface area contributed by atoms with Gasteiger partial charge >= 0.3 is 6.18 Å². The molecule has 7 heteroatoms. The highest BCUT2D eigenvalue weighted by atomic mass is 19.4. The molecule has 0 N–H and O–H groups in total. The molecule has 20 heavy (non-hydrogen) atoms. The summed E-state index contributed by atoms with van der Waals surface area (Å²) in [6, 6.07) is 3.48. The zero-order chi connectivity index (χ0) is 15.1. The van der Waals surface area contributed by atoms with Crippen molar-refractivity contribution < 1.29 is 18.1 Å². The summed E-state index contributed by atoms with van der Waals surface area (Å²) in [6.45, 7) is 3.89. The van der Waals surface area contributed by atoms with E-state index in [-0.39, 0.29) is 12.1 Å². The van der Waals surface area contributed by atoms with E-state index in [2.05, 4.69) is 0 Å². The van der Waals surface area contributed by atoms with E-state index < -0.39 is 22.4 Å². The fourth-order valence-corrected chi connectivity index (χ4v) is 2.77. The number of benzene rings is 1. The predicted octanol–water partition coefficient (Wildman–Crippen LogP) is 3.99. The molecule has 2 rings (SSSR count). The number of hydrogen-bond donors (Lipinski definition) is 0. The highest BCUT2D eigenvalue weighted by Gasteiger charge is 2.39. The number of nitro groups is 1. The van der Waals surface area contributed by atoms with Crippen LogP contribution in [0.15, 0.2) is 18.2 Å². The van der Waals surface area contributed by atoms with Crippen molar-refractivity contribution in [2.75, 3.05) is 4.90 Å². The number of anilines is 1. The second-order valence-corrected chi connectivity index (χ2v) is 5.14. The van der Waals surface area contributed by atoms with Crippen LogP contribution in [0.4, 0.5) is 24.5 Å². The van der Waals surface area contributed by atoms with Crippen LogP contribution in [0.25, 0.3) is 0 Å². The molecule has 0 saturated carbocycles. The lowest BCUT2D eigenvalue weighted by Crippen LogP contribution is -2.32. The van der Waals surface area contributed by atoms with Gasteiger partial charge in [-0.2, -0.15) is 13.2 Å². The number of nitrogens with zero attached hydrogens (tertiary/aromatic N) is 2. The first-order chi connectivity index (χ1) is 9.21. The Labute approximate surface area is 114 Å². The molecule has 1 aliphatic rings. The largest absolute Gasteiger partial charge is 0.423 e. The quantitative estimate of drug-likeness (QED) is 0.610. The van der Waals surface area contributed by atoms with E-state index in [1.54, 1.807) is 0 Å². The highest BCUT2D eigenvalue weighted by molar-refractivity contribution is 5.58. The van der Waals surface area contributed by atoms with Crippen LogP contribution in [0, 0.1) is 10.1 Å². The van der Waals surface area contributed by atoms with Gasteiger partial charge in [0.05, 0.1) is 4.92 Å². The third-order valence-corrected chi connectivity index (χ3v) is 3.73. The highest BCUT2D eigenvalue weighted by Crippen LogP contribution is 2.40. The molecule has 1 aliphatic heterocycles. The molecule has 0 unspecified atom stereocenters. The minimum absolute atomic E-state index is 0.132. The molecular weight excluding hydrogens is 273 g/mol. The van der Waals surface area contributed by atoms with Crippen molar-refractivity contribution in [3.8, 4) is 0 Å². The number of hydrogen-bond acceptors (Lipinski definition) is 3. The van der Waals surface area contributed by atoms with Gasteiger partial charge in [-0.25, -0.2) is 0 Å². The normalized spacial score (nSPS) is 23.1. The second-order valence-electron chi connectivity index (χ2n) is 5.14. The van der Waals surface area contributed by atoms with Crippen LogP contribution in [0.5, 0.6) is 0 Å². The third kappa shape index (κ3) is 2.57. The SMILES string of the molecule is C[C@@H]1CC[C@@H](C)N1c1ccc([N+](=O)[O-])c(C(F)(F)F)c1. The Morgan fingerprint density at radius 1 is 1.25 bits per heavy atom. The van der Waals surface area contributed by atoms with Gasteiger partial charge in [-0.05, 0) is 38.8 Å². The van der Waals surface area contributed by atoms with Crippen LogP contribution in [0.3, 0.4) is 0 Å². The zero-order valence-corrected chi connectivity index (χ0v) is 11.1. The lowest BCUT2D eigenvalue weighted by molar-refractivity contribution is -0.388. The molecule has 4 nitrogen and oxygen atoms in total. The minimum atomic E-state index is -4.73. The van der Waals surface area contributed by atoms with E-state index in [0.717, 1.165) is 25.0 Å². The first kappa shape index (κ1) is 14.6. The molecule has 0 bridgehead atoms. The Hall–Kier alpha value is -1.79. The van der Waals surface area contributed by atoms with E-state index in [1.165, 1.54) is 6.07 Å². The van der Waals surface area contributed by atoms with Crippen molar-refractivity contribution in [1.29, 1.82) is 0 Å². The van der Waals surface area contributed by atoms with Crippen molar-refractivity contribution in [3.05, 3.63) is 33.9 Å². The van der Waals surface area contributed by atoms with Gasteiger partial charge in [-0.15, -0.1) is 0 Å². The van der Waals surface area contributed by atoms with Crippen LogP contribution in [0.1, 0.15) is 32.3 Å². The lowest BCUT2D eigenvalue weighted by atomic mass is 10.1. The van der Waals surface area contributed by atoms with Gasteiger partial charge in [0.15, 0.2) is 0 Å². The van der Waals surface area contributed by atoms with Crippen LogP contribution in [0.2, 0.25) is 0 Å². The van der Waals surface area contributed by atoms with Gasteiger partial charge in [-0.3, -0.25) is 10.1 Å². The summed E-state index contributed by atoms with van der Waals surface area (Å²) in [4.78, 5) is 11.6. The van der Waals surface area contributed by atoms with Crippen molar-refractivity contribution >= 4 is 11.4 Å². The van der Waals surface area contributed by atoms with Gasteiger partial charge in [0.2, 0.25) is 0 Å². The Bertz CT molecular complexity index is 521. The molecule has 110 valence electrons. The molecule has 0 aliphatic carbocycles. The smallest absolute Gasteiger partial charge is 0.366 e. The maximum Gasteiger partial charge on any atom is 0.423 e. The summed E-state index contributed by atoms with van der Waals surface area (Å²) in [5, 5.41) is 10.7. The summed E-state index contributed by atoms with van der Waals surface area (Å²) in [5.74, 6) is 0. The molecule has 1 aromatic rings. The molecule has 0 radical (unpaired) electrons. The van der Waals surface area contributed by atoms with Crippen LogP contribution in [-0.4, -0.2) is 17.0 Å². The van der Waals surface area contributed by atoms with E-state index in [0.29, 0.717) is 5.69 Å². The average Bonchev–Trinajstić information content (AvgIpc) is 2.67. The number of halogens is 3. The first-order valence-electron chi connectivity index (χ1n) is 6.35. The standard InChI is InChI=1S/C13H15F3N2O2/c1-8-3-4-9(2)17(8)10-5-6-12(18(19)20)11(7-10)13(14,15)16/h5-9H,3-4H2,1-2H3/t8-,9-/m1/s1. The molecule has 0 spiro atoms. The Morgan fingerprint density at radius 2 is 1.80 bits per heavy atom. The van der Waals surface area contributed by atoms with Crippen molar-refractivity contribution in [2.24, 2.45) is 0 Å². The minimum Gasteiger partial charge on any atom is -0.366 e. The number of rotatable bonds is 2. The first-order valence-corrected chi connectivity index (χ1v) is 6.35. The Morgan fingerprint density at radius 3 is 2.25 bits per heavy atom. The summed E-state index contributed by atoms with van der Waals surface area (Å²) >= 11 is 0. The van der Waals surface area contributed by atoms with E-state index >= 15 is 0 Å². The summed E-state index contributed by atoms with van der Waals surface area (Å²) in [7, 11) is 0. The zero-order valence-electron chi connectivity index (χ0n) is 11.1. The molecule has 2 atom stereocenters. The predicted molar refractivity (Wildman–Crippen MR) is 68.7 cm³/mol. The van der Waals surface area contributed by atoms with Crippen molar-refractivity contribution in [2.45, 2.75) is 44.9 Å². The van der Waals surface area contributed by atoms with Crippen molar-refractivity contribution in [3.63, 3.8) is 0 Å². The van der Waals surface area contributed by atoms with Gasteiger partial charge in [0, 0.05) is 23.8 Å². The second kappa shape index (κ2) is 4.96. The fourth-order valence-electron chi connectivity index (χ4n) is 2.77. The molecule has 0 aromatic heterocycles. The average molecular weight is 288 g/mol. The summed E-state index contributed by atoms with van der Waals surface area (Å²) in [6.07, 6.45) is -2.93. The summed E-state index contributed by atoms with van der Waals surface area (Å²) in [5.41, 5.74) is -1.70.